The van der Waals surface area contributed by atoms with E-state index >= 15 is 0 Å². The summed E-state index contributed by atoms with van der Waals surface area (Å²) in [5.74, 6) is -1.61. The van der Waals surface area contributed by atoms with Crippen LogP contribution in [-0.2, 0) is 13.7 Å². The summed E-state index contributed by atoms with van der Waals surface area (Å²) in [6.07, 6.45) is -1.41. The van der Waals surface area contributed by atoms with E-state index in [2.05, 4.69) is 10.2 Å². The van der Waals surface area contributed by atoms with Crippen LogP contribution in [0.2, 0.25) is 0 Å². The monoisotopic (exact) mass is 427 g/mol. The molecule has 4 aromatic rings. The van der Waals surface area contributed by atoms with Gasteiger partial charge >= 0.3 is 6.43 Å². The van der Waals surface area contributed by atoms with E-state index in [9.17, 15) is 18.0 Å². The van der Waals surface area contributed by atoms with Crippen LogP contribution in [0.1, 0.15) is 17.9 Å². The van der Waals surface area contributed by atoms with Crippen molar-refractivity contribution in [2.24, 2.45) is 7.05 Å². The molecule has 0 saturated carbocycles. The fourth-order valence-electron chi connectivity index (χ4n) is 3.03. The summed E-state index contributed by atoms with van der Waals surface area (Å²) in [4.78, 5) is 12.9. The van der Waals surface area contributed by atoms with Gasteiger partial charge in [-0.2, -0.15) is 8.78 Å². The van der Waals surface area contributed by atoms with Gasteiger partial charge in [0.1, 0.15) is 18.2 Å². The Morgan fingerprint density at radius 2 is 1.81 bits per heavy atom. The van der Waals surface area contributed by atoms with Gasteiger partial charge < -0.3 is 13.7 Å². The number of nitrogens with zero attached hydrogens (tertiary/aromatic N) is 3. The number of benzene rings is 2. The van der Waals surface area contributed by atoms with Gasteiger partial charge in [-0.3, -0.25) is 4.79 Å². The number of ether oxygens (including phenoxy) is 1. The van der Waals surface area contributed by atoms with Crippen LogP contribution in [0.5, 0.6) is 5.75 Å². The third kappa shape index (κ3) is 4.35. The highest BCUT2D eigenvalue weighted by Gasteiger charge is 2.20. The topological polar surface area (TPSA) is 70.2 Å². The van der Waals surface area contributed by atoms with Crippen LogP contribution in [-0.4, -0.2) is 14.8 Å². The van der Waals surface area contributed by atoms with Crippen molar-refractivity contribution in [1.82, 2.24) is 14.8 Å². The number of aromatic nitrogens is 3. The van der Waals surface area contributed by atoms with Crippen molar-refractivity contribution in [3.63, 3.8) is 0 Å². The first-order valence-electron chi connectivity index (χ1n) is 9.21. The van der Waals surface area contributed by atoms with Gasteiger partial charge in [-0.15, -0.1) is 10.2 Å². The van der Waals surface area contributed by atoms with Crippen molar-refractivity contribution in [3.05, 3.63) is 88.4 Å². The van der Waals surface area contributed by atoms with Gasteiger partial charge in [0.05, 0.1) is 5.56 Å². The molecule has 2 aromatic carbocycles. The second-order valence-electron chi connectivity index (χ2n) is 6.72. The quantitative estimate of drug-likeness (QED) is 0.444. The molecule has 0 fully saturated rings. The maximum Gasteiger partial charge on any atom is 0.314 e. The lowest BCUT2D eigenvalue weighted by Crippen LogP contribution is -2.19. The molecule has 6 nitrogen and oxygen atoms in total. The van der Waals surface area contributed by atoms with Crippen LogP contribution in [0.3, 0.4) is 0 Å². The van der Waals surface area contributed by atoms with Crippen molar-refractivity contribution < 1.29 is 22.3 Å². The lowest BCUT2D eigenvalue weighted by atomic mass is 10.0. The Morgan fingerprint density at radius 3 is 2.52 bits per heavy atom. The Hall–Kier alpha value is -3.88. The summed E-state index contributed by atoms with van der Waals surface area (Å²) >= 11 is 0. The number of aryl methyl sites for hydroxylation is 1. The molecule has 0 aliphatic carbocycles. The summed E-state index contributed by atoms with van der Waals surface area (Å²) in [7, 11) is 1.56. The second kappa shape index (κ2) is 8.47. The fraction of sp³-hybridized carbons (Fsp3) is 0.136. The Labute approximate surface area is 174 Å². The second-order valence-corrected chi connectivity index (χ2v) is 6.72. The third-order valence-electron chi connectivity index (χ3n) is 4.53. The van der Waals surface area contributed by atoms with Crippen molar-refractivity contribution >= 4 is 0 Å². The summed E-state index contributed by atoms with van der Waals surface area (Å²) in [6.45, 7) is 0.199. The normalized spacial score (nSPS) is 11.1. The molecule has 0 aliphatic rings. The van der Waals surface area contributed by atoms with Crippen molar-refractivity contribution in [2.75, 3.05) is 0 Å². The molecular formula is C22H16F3N3O3. The van der Waals surface area contributed by atoms with E-state index in [1.165, 1.54) is 10.6 Å². The maximum absolute atomic E-state index is 14.4. The Balaban J connectivity index is 1.77. The molecule has 0 saturated heterocycles. The standard InChI is InChI=1S/C22H16F3N3O3/c1-28-8-7-17(30-12-13-5-3-2-4-6-13)18(22(28)29)14-9-15(11-16(23)10-14)20-26-27-21(31-20)19(24)25/h2-11,19H,12H2,1H3. The zero-order valence-electron chi connectivity index (χ0n) is 16.3. The lowest BCUT2D eigenvalue weighted by Gasteiger charge is -2.13. The number of hydrogen-bond acceptors (Lipinski definition) is 5. The van der Waals surface area contributed by atoms with Gasteiger partial charge in [0.15, 0.2) is 0 Å². The largest absolute Gasteiger partial charge is 0.488 e. The summed E-state index contributed by atoms with van der Waals surface area (Å²) in [6, 6.07) is 14.6. The number of pyridine rings is 1. The molecule has 0 aliphatic heterocycles. The number of hydrogen-bond donors (Lipinski definition) is 0. The zero-order valence-corrected chi connectivity index (χ0v) is 16.3. The molecule has 2 heterocycles. The van der Waals surface area contributed by atoms with Gasteiger partial charge in [-0.25, -0.2) is 4.39 Å². The average molecular weight is 427 g/mol. The molecule has 158 valence electrons. The van der Waals surface area contributed by atoms with Crippen LogP contribution in [0.25, 0.3) is 22.6 Å². The third-order valence-corrected chi connectivity index (χ3v) is 4.53. The Morgan fingerprint density at radius 1 is 1.06 bits per heavy atom. The van der Waals surface area contributed by atoms with E-state index < -0.39 is 23.7 Å². The first-order chi connectivity index (χ1) is 14.9. The first-order valence-corrected chi connectivity index (χ1v) is 9.21. The SMILES string of the molecule is Cn1ccc(OCc2ccccc2)c(-c2cc(F)cc(-c3nnc(C(F)F)o3)c2)c1=O. The molecule has 2 aromatic heterocycles. The minimum atomic E-state index is -2.95. The van der Waals surface area contributed by atoms with E-state index in [1.807, 2.05) is 30.3 Å². The fourth-order valence-corrected chi connectivity index (χ4v) is 3.03. The van der Waals surface area contributed by atoms with Gasteiger partial charge in [0.25, 0.3) is 11.4 Å². The van der Waals surface area contributed by atoms with Crippen LogP contribution < -0.4 is 10.3 Å². The Bertz CT molecular complexity index is 1270. The van der Waals surface area contributed by atoms with Crippen molar-refractivity contribution in [2.45, 2.75) is 13.0 Å². The molecule has 0 N–H and O–H groups in total. The molecule has 0 bridgehead atoms. The lowest BCUT2D eigenvalue weighted by molar-refractivity contribution is 0.116. The summed E-state index contributed by atoms with van der Waals surface area (Å²) < 4.78 is 52.0. The zero-order chi connectivity index (χ0) is 22.0. The minimum Gasteiger partial charge on any atom is -0.488 e. The number of rotatable bonds is 6. The van der Waals surface area contributed by atoms with E-state index in [-0.39, 0.29) is 34.9 Å². The highest BCUT2D eigenvalue weighted by molar-refractivity contribution is 5.73. The maximum atomic E-state index is 14.4. The molecule has 31 heavy (non-hydrogen) atoms. The molecule has 9 heteroatoms. The molecule has 0 atom stereocenters. The molecule has 0 unspecified atom stereocenters. The molecule has 0 radical (unpaired) electrons. The smallest absolute Gasteiger partial charge is 0.314 e. The van der Waals surface area contributed by atoms with Crippen LogP contribution >= 0.6 is 0 Å². The van der Waals surface area contributed by atoms with E-state index in [0.29, 0.717) is 0 Å². The Kier molecular flexibility index (Phi) is 5.57. The van der Waals surface area contributed by atoms with Crippen molar-refractivity contribution in [1.29, 1.82) is 0 Å². The van der Waals surface area contributed by atoms with Gasteiger partial charge in [-0.05, 0) is 35.4 Å². The minimum absolute atomic E-state index is 0.0642. The molecule has 0 spiro atoms. The molecule has 4 rings (SSSR count). The van der Waals surface area contributed by atoms with Gasteiger partial charge in [0.2, 0.25) is 5.89 Å². The predicted molar refractivity (Wildman–Crippen MR) is 106 cm³/mol. The van der Waals surface area contributed by atoms with E-state index in [4.69, 9.17) is 9.15 Å². The van der Waals surface area contributed by atoms with E-state index in [0.717, 1.165) is 17.7 Å². The van der Waals surface area contributed by atoms with Crippen LogP contribution in [0.4, 0.5) is 13.2 Å². The van der Waals surface area contributed by atoms with Crippen LogP contribution in [0.15, 0.2) is 70.0 Å². The highest BCUT2D eigenvalue weighted by Crippen LogP contribution is 2.32. The first kappa shape index (κ1) is 20.4. The number of alkyl halides is 2. The summed E-state index contributed by atoms with van der Waals surface area (Å²) in [5, 5.41) is 6.80. The average Bonchev–Trinajstić information content (AvgIpc) is 3.26. The highest BCUT2D eigenvalue weighted by atomic mass is 19.3. The number of halogens is 3. The summed E-state index contributed by atoms with van der Waals surface area (Å²) in [5.41, 5.74) is 0.848. The molecular weight excluding hydrogens is 411 g/mol. The van der Waals surface area contributed by atoms with Crippen LogP contribution in [0, 0.1) is 5.82 Å². The van der Waals surface area contributed by atoms with E-state index in [1.54, 1.807) is 19.3 Å². The molecule has 0 amide bonds. The van der Waals surface area contributed by atoms with Gasteiger partial charge in [-0.1, -0.05) is 30.3 Å². The van der Waals surface area contributed by atoms with Gasteiger partial charge in [0, 0.05) is 18.8 Å². The van der Waals surface area contributed by atoms with Crippen molar-refractivity contribution in [3.8, 4) is 28.3 Å². The predicted octanol–water partition coefficient (Wildman–Crippen LogP) is 4.76.